The van der Waals surface area contributed by atoms with Crippen molar-refractivity contribution in [2.45, 2.75) is 20.3 Å². The van der Waals surface area contributed by atoms with E-state index in [0.717, 1.165) is 6.42 Å². The quantitative estimate of drug-likeness (QED) is 0.653. The fraction of sp³-hybridized carbons (Fsp3) is 0.273. The normalized spacial score (nSPS) is 10.9. The lowest BCUT2D eigenvalue weighted by Crippen LogP contribution is -1.90. The van der Waals surface area contributed by atoms with Gasteiger partial charge in [0.05, 0.1) is 0 Å². The topological polar surface area (TPSA) is 0 Å². The van der Waals surface area contributed by atoms with Gasteiger partial charge in [0.2, 0.25) is 0 Å². The maximum absolute atomic E-state index is 5.48. The van der Waals surface area contributed by atoms with Crippen LogP contribution in [0.3, 0.4) is 0 Å². The van der Waals surface area contributed by atoms with Crippen molar-refractivity contribution < 1.29 is 0 Å². The molecular weight excluding hydrogens is 168 g/mol. The Morgan fingerprint density at radius 1 is 1.25 bits per heavy atom. The largest absolute Gasteiger partial charge is 0.0933 e. The molecule has 0 spiro atoms. The van der Waals surface area contributed by atoms with E-state index in [1.807, 2.05) is 6.08 Å². The maximum Gasteiger partial charge on any atom is 0.000580 e. The van der Waals surface area contributed by atoms with Crippen molar-refractivity contribution in [1.29, 1.82) is 0 Å². The van der Waals surface area contributed by atoms with Crippen LogP contribution >= 0.6 is 11.6 Å². The molecule has 0 fully saturated rings. The van der Waals surface area contributed by atoms with Gasteiger partial charge in [-0.3, -0.25) is 0 Å². The van der Waals surface area contributed by atoms with Crippen LogP contribution in [0.4, 0.5) is 0 Å². The van der Waals surface area contributed by atoms with Gasteiger partial charge in [0.1, 0.15) is 0 Å². The van der Waals surface area contributed by atoms with E-state index in [2.05, 4.69) is 32.0 Å². The molecule has 0 saturated heterocycles. The molecule has 1 heteroatoms. The van der Waals surface area contributed by atoms with Gasteiger partial charge in [-0.25, -0.2) is 0 Å². The molecule has 0 bridgehead atoms. The molecule has 0 aliphatic carbocycles. The summed E-state index contributed by atoms with van der Waals surface area (Å²) in [6.45, 7) is 4.26. The van der Waals surface area contributed by atoms with E-state index in [0.29, 0.717) is 0 Å². The summed E-state index contributed by atoms with van der Waals surface area (Å²) in [5.74, 6) is 0. The first-order chi connectivity index (χ1) is 5.75. The zero-order valence-electron chi connectivity index (χ0n) is 7.47. The van der Waals surface area contributed by atoms with Crippen molar-refractivity contribution in [2.24, 2.45) is 0 Å². The molecule has 1 rings (SSSR count). The minimum absolute atomic E-state index is 0.933. The zero-order chi connectivity index (χ0) is 8.97. The van der Waals surface area contributed by atoms with Crippen LogP contribution in [-0.4, -0.2) is 0 Å². The number of halogens is 1. The molecule has 0 heterocycles. The third-order valence-corrected chi connectivity index (χ3v) is 2.23. The van der Waals surface area contributed by atoms with E-state index >= 15 is 0 Å². The predicted octanol–water partition coefficient (Wildman–Crippen LogP) is 3.60. The first kappa shape index (κ1) is 9.34. The Bertz CT molecular complexity index is 267. The number of aryl methyl sites for hydroxylation is 2. The molecule has 0 aromatic heterocycles. The summed E-state index contributed by atoms with van der Waals surface area (Å²) >= 11 is 5.48. The molecule has 0 amide bonds. The van der Waals surface area contributed by atoms with E-state index in [4.69, 9.17) is 11.6 Å². The second-order valence-corrected chi connectivity index (χ2v) is 3.19. The van der Waals surface area contributed by atoms with Crippen molar-refractivity contribution in [2.75, 3.05) is 0 Å². The summed E-state index contributed by atoms with van der Waals surface area (Å²) in [6, 6.07) is 6.34. The van der Waals surface area contributed by atoms with Crippen LogP contribution in [-0.2, 0) is 6.42 Å². The summed E-state index contributed by atoms with van der Waals surface area (Å²) in [5, 5.41) is 0. The first-order valence-electron chi connectivity index (χ1n) is 4.06. The fourth-order valence-corrected chi connectivity index (χ4v) is 1.42. The standard InChI is InChI=1S/C11H13Cl/c1-9-5-3-6-10(2)11(9)7-4-8-12/h3-6,8H,7H2,1-2H3. The van der Waals surface area contributed by atoms with Crippen molar-refractivity contribution in [3.8, 4) is 0 Å². The summed E-state index contributed by atoms with van der Waals surface area (Å²) < 4.78 is 0. The SMILES string of the molecule is Cc1cccc(C)c1CC=CCl. The Labute approximate surface area is 78.9 Å². The highest BCUT2D eigenvalue weighted by Crippen LogP contribution is 2.14. The van der Waals surface area contributed by atoms with Gasteiger partial charge in [-0.05, 0) is 37.0 Å². The van der Waals surface area contributed by atoms with Gasteiger partial charge in [-0.2, -0.15) is 0 Å². The monoisotopic (exact) mass is 180 g/mol. The summed E-state index contributed by atoms with van der Waals surface area (Å²) in [5.41, 5.74) is 5.63. The molecule has 0 aliphatic rings. The molecule has 0 unspecified atom stereocenters. The Kier molecular flexibility index (Phi) is 3.36. The minimum atomic E-state index is 0.933. The molecule has 0 aliphatic heterocycles. The van der Waals surface area contributed by atoms with Gasteiger partial charge in [-0.15, -0.1) is 0 Å². The molecule has 64 valence electrons. The number of rotatable bonds is 2. The second-order valence-electron chi connectivity index (χ2n) is 2.94. The Morgan fingerprint density at radius 2 is 1.83 bits per heavy atom. The highest BCUT2D eigenvalue weighted by molar-refractivity contribution is 6.25. The molecule has 1 aromatic carbocycles. The van der Waals surface area contributed by atoms with E-state index in [9.17, 15) is 0 Å². The Morgan fingerprint density at radius 3 is 2.33 bits per heavy atom. The second kappa shape index (κ2) is 4.32. The van der Waals surface area contributed by atoms with Crippen molar-refractivity contribution in [3.63, 3.8) is 0 Å². The molecule has 0 saturated carbocycles. The van der Waals surface area contributed by atoms with Gasteiger partial charge in [0.25, 0.3) is 0 Å². The average molecular weight is 181 g/mol. The van der Waals surface area contributed by atoms with E-state index in [-0.39, 0.29) is 0 Å². The minimum Gasteiger partial charge on any atom is -0.0933 e. The highest BCUT2D eigenvalue weighted by atomic mass is 35.5. The van der Waals surface area contributed by atoms with Crippen LogP contribution in [0.2, 0.25) is 0 Å². The molecule has 12 heavy (non-hydrogen) atoms. The van der Waals surface area contributed by atoms with Crippen LogP contribution in [0, 0.1) is 13.8 Å². The number of hydrogen-bond acceptors (Lipinski definition) is 0. The van der Waals surface area contributed by atoms with Gasteiger partial charge >= 0.3 is 0 Å². The molecule has 1 aromatic rings. The van der Waals surface area contributed by atoms with Crippen LogP contribution in [0.1, 0.15) is 16.7 Å². The zero-order valence-corrected chi connectivity index (χ0v) is 8.23. The van der Waals surface area contributed by atoms with Gasteiger partial charge in [-0.1, -0.05) is 35.9 Å². The molecule has 0 nitrogen and oxygen atoms in total. The summed E-state index contributed by atoms with van der Waals surface area (Å²) in [4.78, 5) is 0. The molecular formula is C11H13Cl. The lowest BCUT2D eigenvalue weighted by Gasteiger charge is -2.05. The van der Waals surface area contributed by atoms with Crippen molar-refractivity contribution in [3.05, 3.63) is 46.5 Å². The van der Waals surface area contributed by atoms with Gasteiger partial charge in [0, 0.05) is 5.54 Å². The average Bonchev–Trinajstić information content (AvgIpc) is 2.04. The first-order valence-corrected chi connectivity index (χ1v) is 4.49. The number of allylic oxidation sites excluding steroid dienone is 1. The highest BCUT2D eigenvalue weighted by Gasteiger charge is 1.98. The molecule has 0 radical (unpaired) electrons. The molecule has 0 atom stereocenters. The number of hydrogen-bond donors (Lipinski definition) is 0. The van der Waals surface area contributed by atoms with Crippen molar-refractivity contribution in [1.82, 2.24) is 0 Å². The van der Waals surface area contributed by atoms with Crippen LogP contribution in [0.15, 0.2) is 29.8 Å². The third-order valence-electron chi connectivity index (χ3n) is 2.06. The summed E-state index contributed by atoms with van der Waals surface area (Å²) in [7, 11) is 0. The van der Waals surface area contributed by atoms with Gasteiger partial charge in [0.15, 0.2) is 0 Å². The Balaban J connectivity index is 2.96. The predicted molar refractivity (Wildman–Crippen MR) is 54.6 cm³/mol. The lowest BCUT2D eigenvalue weighted by molar-refractivity contribution is 1.17. The van der Waals surface area contributed by atoms with E-state index < -0.39 is 0 Å². The third kappa shape index (κ3) is 2.12. The van der Waals surface area contributed by atoms with E-state index in [1.165, 1.54) is 16.7 Å². The number of benzene rings is 1. The van der Waals surface area contributed by atoms with Gasteiger partial charge < -0.3 is 0 Å². The fourth-order valence-electron chi connectivity index (χ4n) is 1.33. The van der Waals surface area contributed by atoms with Crippen LogP contribution in [0.25, 0.3) is 0 Å². The lowest BCUT2D eigenvalue weighted by atomic mass is 10.0. The summed E-state index contributed by atoms with van der Waals surface area (Å²) in [6.07, 6.45) is 2.90. The van der Waals surface area contributed by atoms with E-state index in [1.54, 1.807) is 5.54 Å². The van der Waals surface area contributed by atoms with Crippen molar-refractivity contribution >= 4 is 11.6 Å². The smallest absolute Gasteiger partial charge is 0.000580 e. The van der Waals surface area contributed by atoms with Crippen LogP contribution < -0.4 is 0 Å². The Hall–Kier alpha value is -0.750. The molecule has 0 N–H and O–H groups in total. The van der Waals surface area contributed by atoms with Crippen LogP contribution in [0.5, 0.6) is 0 Å². The maximum atomic E-state index is 5.48.